The number of hydrogen-bond donors (Lipinski definition) is 2. The summed E-state index contributed by atoms with van der Waals surface area (Å²) in [6.07, 6.45) is 11.2. The van der Waals surface area contributed by atoms with Crippen LogP contribution in [0.25, 0.3) is 10.8 Å². The fraction of sp³-hybridized carbons (Fsp3) is 0.432. The Morgan fingerprint density at radius 3 is 1.95 bits per heavy atom. The number of hydrogen-bond acceptors (Lipinski definition) is 7. The molecule has 0 radical (unpaired) electrons. The smallest absolute Gasteiger partial charge is 0.335 e. The molecular weight excluding hydrogens is 554 g/mol. The predicted molar refractivity (Wildman–Crippen MR) is 172 cm³/mol. The summed E-state index contributed by atoms with van der Waals surface area (Å²) >= 11 is 0. The van der Waals surface area contributed by atoms with Gasteiger partial charge in [0.1, 0.15) is 13.2 Å². The Bertz CT molecular complexity index is 1410. The monoisotopic (exact) mass is 599 g/mol. The number of pyridine rings is 1. The first-order valence-corrected chi connectivity index (χ1v) is 15.7. The lowest BCUT2D eigenvalue weighted by Gasteiger charge is -2.29. The molecule has 1 saturated carbocycles. The van der Waals surface area contributed by atoms with Crippen molar-refractivity contribution in [3.63, 3.8) is 0 Å². The Labute approximate surface area is 260 Å². The molecule has 0 unspecified atom stereocenters. The highest BCUT2D eigenvalue weighted by molar-refractivity contribution is 5.88. The molecular formula is C37H45NO6. The second-order valence-electron chi connectivity index (χ2n) is 11.9. The standard InChI is InChI=1S/C37H45NO6/c1-4-5-6-7-27-8-9-32-19-31(15-14-30(32)18-27)28-10-12-29(13-11-28)33-16-17-35(38-20-33)34(23-43-36(41)25(2)21-39)24-44-37(42)26(3)22-40/h8-9,14-20,28-29,34,39-40H,2-7,10-13,21-24H2,1H3. The third-order valence-electron chi connectivity index (χ3n) is 8.69. The van der Waals surface area contributed by atoms with Crippen LogP contribution in [-0.4, -0.2) is 53.6 Å². The van der Waals surface area contributed by atoms with Crippen LogP contribution in [0.1, 0.15) is 92.0 Å². The van der Waals surface area contributed by atoms with Crippen molar-refractivity contribution in [1.29, 1.82) is 0 Å². The number of aliphatic hydroxyl groups excluding tert-OH is 2. The van der Waals surface area contributed by atoms with Gasteiger partial charge in [0, 0.05) is 6.20 Å². The average Bonchev–Trinajstić information content (AvgIpc) is 3.07. The fourth-order valence-corrected chi connectivity index (χ4v) is 5.87. The zero-order valence-corrected chi connectivity index (χ0v) is 25.8. The number of fused-ring (bicyclic) bond motifs is 1. The minimum absolute atomic E-state index is 0.0658. The van der Waals surface area contributed by atoms with Crippen molar-refractivity contribution < 1.29 is 29.3 Å². The Morgan fingerprint density at radius 1 is 0.818 bits per heavy atom. The van der Waals surface area contributed by atoms with Gasteiger partial charge >= 0.3 is 11.9 Å². The normalized spacial score (nSPS) is 16.5. The van der Waals surface area contributed by atoms with Crippen LogP contribution in [0.15, 0.2) is 79.0 Å². The number of nitrogens with zero attached hydrogens (tertiary/aromatic N) is 1. The molecule has 0 aliphatic heterocycles. The summed E-state index contributed by atoms with van der Waals surface area (Å²) in [6.45, 7) is 7.97. The van der Waals surface area contributed by atoms with E-state index in [1.54, 1.807) is 0 Å². The Morgan fingerprint density at radius 2 is 1.39 bits per heavy atom. The van der Waals surface area contributed by atoms with Gasteiger partial charge in [0.2, 0.25) is 0 Å². The summed E-state index contributed by atoms with van der Waals surface area (Å²) in [4.78, 5) is 28.8. The Kier molecular flexibility index (Phi) is 12.3. The van der Waals surface area contributed by atoms with E-state index >= 15 is 0 Å². The highest BCUT2D eigenvalue weighted by Crippen LogP contribution is 2.41. The van der Waals surface area contributed by atoms with Gasteiger partial charge in [0.25, 0.3) is 0 Å². The molecule has 4 rings (SSSR count). The number of benzene rings is 2. The van der Waals surface area contributed by atoms with Gasteiger partial charge in [0.15, 0.2) is 0 Å². The molecule has 2 aromatic carbocycles. The highest BCUT2D eigenvalue weighted by Gasteiger charge is 2.25. The molecule has 0 saturated heterocycles. The third kappa shape index (κ3) is 8.87. The van der Waals surface area contributed by atoms with Gasteiger partial charge in [0.05, 0.1) is 36.0 Å². The van der Waals surface area contributed by atoms with Gasteiger partial charge in [-0.1, -0.05) is 75.4 Å². The van der Waals surface area contributed by atoms with E-state index in [-0.39, 0.29) is 24.4 Å². The van der Waals surface area contributed by atoms with Crippen molar-refractivity contribution >= 4 is 22.7 Å². The van der Waals surface area contributed by atoms with Crippen LogP contribution in [0.4, 0.5) is 0 Å². The number of esters is 2. The largest absolute Gasteiger partial charge is 0.461 e. The molecule has 234 valence electrons. The van der Waals surface area contributed by atoms with Crippen LogP contribution in [0.2, 0.25) is 0 Å². The van der Waals surface area contributed by atoms with E-state index in [0.29, 0.717) is 17.5 Å². The van der Waals surface area contributed by atoms with Crippen molar-refractivity contribution in [1.82, 2.24) is 4.98 Å². The molecule has 0 bridgehead atoms. The summed E-state index contributed by atoms with van der Waals surface area (Å²) in [5.74, 6) is -1.03. The van der Waals surface area contributed by atoms with Gasteiger partial charge in [-0.2, -0.15) is 0 Å². The molecule has 1 aliphatic rings. The van der Waals surface area contributed by atoms with E-state index < -0.39 is 31.1 Å². The van der Waals surface area contributed by atoms with Crippen LogP contribution < -0.4 is 0 Å². The molecule has 1 fully saturated rings. The first-order valence-electron chi connectivity index (χ1n) is 15.7. The maximum atomic E-state index is 12.1. The highest BCUT2D eigenvalue weighted by atomic mass is 16.5. The molecule has 0 atom stereocenters. The van der Waals surface area contributed by atoms with Crippen LogP contribution in [0.5, 0.6) is 0 Å². The molecule has 0 amide bonds. The van der Waals surface area contributed by atoms with Crippen LogP contribution in [-0.2, 0) is 25.5 Å². The molecule has 1 aromatic heterocycles. The van der Waals surface area contributed by atoms with Crippen molar-refractivity contribution in [2.75, 3.05) is 26.4 Å². The summed E-state index contributed by atoms with van der Waals surface area (Å²) in [6, 6.07) is 17.8. The SMILES string of the molecule is C=C(CO)C(=O)OCC(COC(=O)C(=C)CO)c1ccc(C2CCC(c3ccc4cc(CCCCC)ccc4c3)CC2)cn1. The number of carbonyl (C=O) groups excluding carboxylic acids is 2. The molecule has 7 heteroatoms. The number of unbranched alkanes of at least 4 members (excludes halogenated alkanes) is 2. The maximum Gasteiger partial charge on any atom is 0.335 e. The van der Waals surface area contributed by atoms with Crippen molar-refractivity contribution in [3.05, 3.63) is 101 Å². The molecule has 0 spiro atoms. The number of aromatic nitrogens is 1. The van der Waals surface area contributed by atoms with Crippen LogP contribution in [0, 0.1) is 0 Å². The summed E-state index contributed by atoms with van der Waals surface area (Å²) in [5.41, 5.74) is 4.48. The second kappa shape index (κ2) is 16.3. The van der Waals surface area contributed by atoms with Gasteiger partial charge in [-0.3, -0.25) is 4.98 Å². The zero-order chi connectivity index (χ0) is 31.5. The van der Waals surface area contributed by atoms with Crippen molar-refractivity contribution in [2.24, 2.45) is 0 Å². The minimum Gasteiger partial charge on any atom is -0.461 e. The average molecular weight is 600 g/mol. The second-order valence-corrected chi connectivity index (χ2v) is 11.9. The Balaban J connectivity index is 1.36. The van der Waals surface area contributed by atoms with E-state index in [1.165, 1.54) is 41.2 Å². The summed E-state index contributed by atoms with van der Waals surface area (Å²) < 4.78 is 10.6. The van der Waals surface area contributed by atoms with Crippen molar-refractivity contribution in [2.45, 2.75) is 76.0 Å². The predicted octanol–water partition coefficient (Wildman–Crippen LogP) is 6.68. The molecule has 7 nitrogen and oxygen atoms in total. The molecule has 1 heterocycles. The number of ether oxygens (including phenoxy) is 2. The topological polar surface area (TPSA) is 106 Å². The van der Waals surface area contributed by atoms with E-state index in [1.807, 2.05) is 12.3 Å². The van der Waals surface area contributed by atoms with E-state index in [9.17, 15) is 9.59 Å². The molecule has 3 aromatic rings. The van der Waals surface area contributed by atoms with E-state index in [2.05, 4.69) is 67.5 Å². The lowest BCUT2D eigenvalue weighted by atomic mass is 9.76. The van der Waals surface area contributed by atoms with E-state index in [0.717, 1.165) is 37.7 Å². The molecule has 1 aliphatic carbocycles. The summed E-state index contributed by atoms with van der Waals surface area (Å²) in [5, 5.41) is 20.9. The van der Waals surface area contributed by atoms with Crippen molar-refractivity contribution in [3.8, 4) is 0 Å². The zero-order valence-electron chi connectivity index (χ0n) is 25.8. The summed E-state index contributed by atoms with van der Waals surface area (Å²) in [7, 11) is 0. The van der Waals surface area contributed by atoms with Crippen LogP contribution >= 0.6 is 0 Å². The lowest BCUT2D eigenvalue weighted by Crippen LogP contribution is -2.22. The van der Waals surface area contributed by atoms with Gasteiger partial charge in [-0.15, -0.1) is 0 Å². The number of rotatable bonds is 15. The quantitative estimate of drug-likeness (QED) is 0.114. The first-order chi connectivity index (χ1) is 21.3. The van der Waals surface area contributed by atoms with E-state index in [4.69, 9.17) is 19.7 Å². The number of aliphatic hydroxyl groups is 2. The van der Waals surface area contributed by atoms with Gasteiger partial charge in [-0.25, -0.2) is 9.59 Å². The maximum absolute atomic E-state index is 12.1. The first kappa shape index (κ1) is 33.1. The lowest BCUT2D eigenvalue weighted by molar-refractivity contribution is -0.143. The number of carbonyl (C=O) groups is 2. The van der Waals surface area contributed by atoms with Gasteiger partial charge < -0.3 is 19.7 Å². The molecule has 44 heavy (non-hydrogen) atoms. The third-order valence-corrected chi connectivity index (χ3v) is 8.69. The Hall–Kier alpha value is -3.81. The minimum atomic E-state index is -0.726. The molecule has 2 N–H and O–H groups in total. The fourth-order valence-electron chi connectivity index (χ4n) is 5.87. The van der Waals surface area contributed by atoms with Gasteiger partial charge in [-0.05, 0) is 83.9 Å². The van der Waals surface area contributed by atoms with Crippen LogP contribution in [0.3, 0.4) is 0 Å². The number of aryl methyl sites for hydroxylation is 1.